The van der Waals surface area contributed by atoms with Crippen molar-refractivity contribution in [3.63, 3.8) is 0 Å². The number of carboxylic acid groups (broad SMARTS) is 4. The number of hydrogen-bond donors (Lipinski definition) is 5. The summed E-state index contributed by atoms with van der Waals surface area (Å²) in [5.41, 5.74) is 1.98. The van der Waals surface area contributed by atoms with Gasteiger partial charge in [-0.3, -0.25) is 10.2 Å². The second-order valence-electron chi connectivity index (χ2n) is 8.49. The second kappa shape index (κ2) is 13.9. The number of nitrogens with zero attached hydrogens (tertiary/aromatic N) is 2. The Morgan fingerprint density at radius 3 is 1.78 bits per heavy atom. The molecule has 5 N–H and O–H groups in total. The monoisotopic (exact) mass is 509 g/mol. The van der Waals surface area contributed by atoms with Crippen LogP contribution in [0, 0.1) is 5.92 Å². The number of rotatable bonds is 3. The number of benzene rings is 1. The first kappa shape index (κ1) is 28.4. The summed E-state index contributed by atoms with van der Waals surface area (Å²) in [5, 5.41) is 32.6. The molecule has 0 aliphatic carbocycles. The normalized spacial score (nSPS) is 22.0. The lowest BCUT2D eigenvalue weighted by Crippen LogP contribution is -2.52. The molecule has 4 aliphatic heterocycles. The topological polar surface area (TPSA) is 194 Å². The number of ether oxygens (including phenoxy) is 1. The number of hydrogen-bond acceptors (Lipinski definition) is 8. The van der Waals surface area contributed by atoms with E-state index in [1.165, 1.54) is 19.3 Å². The number of aliphatic carboxylic acids is 4. The van der Waals surface area contributed by atoms with Crippen molar-refractivity contribution < 1.29 is 49.1 Å². The molecule has 5 rings (SSSR count). The highest BCUT2D eigenvalue weighted by Gasteiger charge is 2.36. The Morgan fingerprint density at radius 1 is 0.778 bits per heavy atom. The average Bonchev–Trinajstić information content (AvgIpc) is 2.86. The molecule has 13 nitrogen and oxygen atoms in total. The first-order valence-electron chi connectivity index (χ1n) is 11.5. The fourth-order valence-corrected chi connectivity index (χ4v) is 4.31. The van der Waals surface area contributed by atoms with Crippen molar-refractivity contribution in [2.45, 2.75) is 38.2 Å². The van der Waals surface area contributed by atoms with Crippen LogP contribution in [-0.4, -0.2) is 94.1 Å². The van der Waals surface area contributed by atoms with Gasteiger partial charge in [0, 0.05) is 19.6 Å². The molecule has 4 heterocycles. The summed E-state index contributed by atoms with van der Waals surface area (Å²) < 4.78 is 5.76. The Kier molecular flexibility index (Phi) is 10.9. The van der Waals surface area contributed by atoms with Gasteiger partial charge in [0.1, 0.15) is 6.10 Å². The van der Waals surface area contributed by atoms with Crippen LogP contribution in [0.25, 0.3) is 0 Å². The summed E-state index contributed by atoms with van der Waals surface area (Å²) in [5.74, 6) is -6.76. The Morgan fingerprint density at radius 2 is 1.31 bits per heavy atom. The summed E-state index contributed by atoms with van der Waals surface area (Å²) in [4.78, 5) is 53.6. The van der Waals surface area contributed by atoms with Crippen LogP contribution in [0.15, 0.2) is 24.3 Å². The maximum atomic E-state index is 12.4. The molecule has 1 amide bonds. The van der Waals surface area contributed by atoms with Crippen LogP contribution in [0.5, 0.6) is 0 Å². The van der Waals surface area contributed by atoms with Crippen molar-refractivity contribution in [3.8, 4) is 0 Å². The van der Waals surface area contributed by atoms with Crippen LogP contribution in [0.4, 0.5) is 16.2 Å². The fraction of sp³-hybridized carbons (Fsp3) is 0.522. The molecule has 1 unspecified atom stereocenters. The number of fused-ring (bicyclic) bond motifs is 3. The average molecular weight is 510 g/mol. The molecule has 0 saturated carbocycles. The molecule has 198 valence electrons. The minimum Gasteiger partial charge on any atom is -0.473 e. The lowest BCUT2D eigenvalue weighted by Gasteiger charge is -2.43. The maximum absolute atomic E-state index is 12.4. The van der Waals surface area contributed by atoms with Crippen LogP contribution in [-0.2, 0) is 23.9 Å². The third kappa shape index (κ3) is 9.06. The second-order valence-corrected chi connectivity index (χ2v) is 8.49. The molecule has 4 aliphatic rings. The van der Waals surface area contributed by atoms with E-state index in [0.29, 0.717) is 5.92 Å². The van der Waals surface area contributed by atoms with Gasteiger partial charge in [0.2, 0.25) is 0 Å². The van der Waals surface area contributed by atoms with Gasteiger partial charge in [0.05, 0.1) is 11.4 Å². The fourth-order valence-electron chi connectivity index (χ4n) is 4.31. The molecular weight excluding hydrogens is 478 g/mol. The van der Waals surface area contributed by atoms with E-state index in [0.717, 1.165) is 56.9 Å². The quantitative estimate of drug-likeness (QED) is 0.370. The van der Waals surface area contributed by atoms with Crippen molar-refractivity contribution in [3.05, 3.63) is 24.3 Å². The van der Waals surface area contributed by atoms with Gasteiger partial charge < -0.3 is 30.1 Å². The number of piperidine rings is 4. The third-order valence-corrected chi connectivity index (χ3v) is 6.06. The van der Waals surface area contributed by atoms with Crippen molar-refractivity contribution in [1.29, 1.82) is 0 Å². The van der Waals surface area contributed by atoms with E-state index in [2.05, 4.69) is 21.2 Å². The van der Waals surface area contributed by atoms with Gasteiger partial charge in [-0.2, -0.15) is 0 Å². The van der Waals surface area contributed by atoms with E-state index in [1.807, 2.05) is 18.2 Å². The van der Waals surface area contributed by atoms with Crippen molar-refractivity contribution in [1.82, 2.24) is 4.90 Å². The number of carbonyl (C=O) groups is 5. The highest BCUT2D eigenvalue weighted by atomic mass is 16.6. The molecule has 4 fully saturated rings. The molecule has 1 atom stereocenters. The predicted octanol–water partition coefficient (Wildman–Crippen LogP) is 1.63. The Bertz CT molecular complexity index is 892. The summed E-state index contributed by atoms with van der Waals surface area (Å²) in [6, 6.07) is 8.07. The first-order valence-corrected chi connectivity index (χ1v) is 11.5. The zero-order valence-electron chi connectivity index (χ0n) is 19.7. The summed E-state index contributed by atoms with van der Waals surface area (Å²) >= 11 is 0. The Hall–Kier alpha value is -3.87. The van der Waals surface area contributed by atoms with Crippen molar-refractivity contribution >= 4 is 41.3 Å². The largest absolute Gasteiger partial charge is 0.473 e. The molecule has 1 aromatic rings. The minimum atomic E-state index is -1.82. The van der Waals surface area contributed by atoms with Gasteiger partial charge in [0.25, 0.3) is 0 Å². The molecule has 1 aromatic carbocycles. The van der Waals surface area contributed by atoms with E-state index in [4.69, 9.17) is 44.3 Å². The molecule has 0 aromatic heterocycles. The third-order valence-electron chi connectivity index (χ3n) is 6.06. The number of anilines is 2. The van der Waals surface area contributed by atoms with E-state index in [9.17, 15) is 4.79 Å². The molecule has 4 saturated heterocycles. The Balaban J connectivity index is 0.000000319. The molecule has 13 heteroatoms. The van der Waals surface area contributed by atoms with Crippen molar-refractivity contribution in [2.75, 3.05) is 42.9 Å². The van der Waals surface area contributed by atoms with Crippen LogP contribution in [0.1, 0.15) is 32.1 Å². The van der Waals surface area contributed by atoms with Gasteiger partial charge in [-0.15, -0.1) is 0 Å². The summed E-state index contributed by atoms with van der Waals surface area (Å²) in [6.07, 6.45) is 5.79. The highest BCUT2D eigenvalue weighted by Crippen LogP contribution is 2.31. The van der Waals surface area contributed by atoms with Gasteiger partial charge in [-0.25, -0.2) is 24.0 Å². The number of carboxylic acids is 4. The maximum Gasteiger partial charge on any atom is 0.414 e. The number of nitrogens with one attached hydrogen (secondary N) is 1. The lowest BCUT2D eigenvalue weighted by molar-refractivity contribution is -0.159. The first-order chi connectivity index (χ1) is 17.1. The van der Waals surface area contributed by atoms with Gasteiger partial charge >= 0.3 is 30.0 Å². The van der Waals surface area contributed by atoms with E-state index in [1.54, 1.807) is 0 Å². The highest BCUT2D eigenvalue weighted by molar-refractivity contribution is 6.27. The predicted molar refractivity (Wildman–Crippen MR) is 126 cm³/mol. The number of carbonyl (C=O) groups excluding carboxylic acids is 1. The van der Waals surface area contributed by atoms with Gasteiger partial charge in [0.15, 0.2) is 0 Å². The smallest absolute Gasteiger partial charge is 0.414 e. The lowest BCUT2D eigenvalue weighted by atomic mass is 9.86. The van der Waals surface area contributed by atoms with E-state index >= 15 is 0 Å². The molecule has 0 spiro atoms. The van der Waals surface area contributed by atoms with Crippen LogP contribution < -0.4 is 10.2 Å². The molecule has 36 heavy (non-hydrogen) atoms. The Labute approximate surface area is 207 Å². The number of para-hydroxylation sites is 2. The molecular formula is C23H31N3O10. The van der Waals surface area contributed by atoms with Gasteiger partial charge in [-0.05, 0) is 63.2 Å². The standard InChI is InChI=1S/C19H27N3O2.2C2H2O4/c23-19(24-18-14-21-12-8-15(18)9-13-21)20-16-6-2-3-7-17(16)22-10-4-1-5-11-22;2*3-1(4)2(5)6/h2-3,6-7,15,18H,1,4-5,8-14H2,(H,20,23);2*(H,3,4)(H,5,6). The van der Waals surface area contributed by atoms with E-state index in [-0.39, 0.29) is 12.2 Å². The van der Waals surface area contributed by atoms with Gasteiger partial charge in [-0.1, -0.05) is 12.1 Å². The van der Waals surface area contributed by atoms with Crippen LogP contribution in [0.2, 0.25) is 0 Å². The van der Waals surface area contributed by atoms with Crippen molar-refractivity contribution in [2.24, 2.45) is 5.92 Å². The number of amides is 1. The van der Waals surface area contributed by atoms with Crippen LogP contribution >= 0.6 is 0 Å². The zero-order valence-corrected chi connectivity index (χ0v) is 19.7. The SMILES string of the molecule is O=C(Nc1ccccc1N1CCCCC1)OC1CN2CCC1CC2.O=C(O)C(=O)O.O=C(O)C(=O)O. The summed E-state index contributed by atoms with van der Waals surface area (Å²) in [6.45, 7) is 5.33. The van der Waals surface area contributed by atoms with Crippen LogP contribution in [0.3, 0.4) is 0 Å². The molecule has 0 radical (unpaired) electrons. The molecule has 2 bridgehead atoms. The zero-order chi connectivity index (χ0) is 26.7. The van der Waals surface area contributed by atoms with E-state index < -0.39 is 23.9 Å². The minimum absolute atomic E-state index is 0.0506. The summed E-state index contributed by atoms with van der Waals surface area (Å²) in [7, 11) is 0.